The number of carboxylic acid groups (broad SMARTS) is 1. The van der Waals surface area contributed by atoms with Gasteiger partial charge in [-0.05, 0) is 138 Å². The molecule has 2 unspecified atom stereocenters. The third-order valence-electron chi connectivity index (χ3n) is 12.0. The molecule has 0 saturated heterocycles. The molecule has 2 aromatic carbocycles. The summed E-state index contributed by atoms with van der Waals surface area (Å²) in [5, 5.41) is 16.2. The Kier molecular flexibility index (Phi) is 9.90. The van der Waals surface area contributed by atoms with Crippen molar-refractivity contribution in [2.24, 2.45) is 16.2 Å². The van der Waals surface area contributed by atoms with E-state index in [0.717, 1.165) is 55.3 Å². The maximum atomic E-state index is 13.9. The summed E-state index contributed by atoms with van der Waals surface area (Å²) in [7, 11) is 1.76. The molecule has 1 amide bonds. The van der Waals surface area contributed by atoms with Crippen LogP contribution in [0.25, 0.3) is 33.2 Å². The zero-order chi connectivity index (χ0) is 41.3. The average Bonchev–Trinajstić information content (AvgIpc) is 3.42. The normalized spacial score (nSPS) is 25.4. The van der Waals surface area contributed by atoms with Crippen molar-refractivity contribution in [1.29, 1.82) is 0 Å². The Balaban J connectivity index is 1.18. The molecule has 4 aromatic rings. The van der Waals surface area contributed by atoms with Crippen LogP contribution in [0.2, 0.25) is 0 Å². The van der Waals surface area contributed by atoms with E-state index in [2.05, 4.69) is 25.5 Å². The van der Waals surface area contributed by atoms with Crippen molar-refractivity contribution in [3.63, 3.8) is 0 Å². The molecule has 11 heteroatoms. The van der Waals surface area contributed by atoms with E-state index in [9.17, 15) is 19.5 Å². The van der Waals surface area contributed by atoms with E-state index in [1.165, 1.54) is 6.42 Å². The Labute approximate surface area is 336 Å². The standard InChI is InChI=1S/C46H58N4O7/c1-29-35(32-16-17-36(48-37(32)39(53)56-41(2,3)4)31-15-14-30-12-11-13-33(38(51)52)34(30)20-31)21-47-50(29)28-45-23-43(8)22-44(9,24-45)26-46(25-43,27-45)55-19-18-49(10)40(54)57-42(5,6)7/h11-17,20-21H,18-19,22-28H2,1-10H3,(H,51,52). The fourth-order valence-corrected chi connectivity index (χ4v) is 11.1. The highest BCUT2D eigenvalue weighted by molar-refractivity contribution is 6.05. The van der Waals surface area contributed by atoms with E-state index in [1.54, 1.807) is 24.1 Å². The lowest BCUT2D eigenvalue weighted by molar-refractivity contribution is -0.248. The number of likely N-dealkylation sites (N-methyl/N-ethyl adjacent to an activating group) is 1. The fraction of sp³-hybridized carbons (Fsp3) is 0.543. The van der Waals surface area contributed by atoms with Gasteiger partial charge in [-0.2, -0.15) is 5.10 Å². The molecular weight excluding hydrogens is 721 g/mol. The first kappa shape index (κ1) is 40.4. The second-order valence-corrected chi connectivity index (χ2v) is 20.1. The maximum absolute atomic E-state index is 13.9. The number of esters is 1. The molecule has 0 radical (unpaired) electrons. The highest BCUT2D eigenvalue weighted by atomic mass is 16.6. The zero-order valence-electron chi connectivity index (χ0n) is 35.2. The summed E-state index contributed by atoms with van der Waals surface area (Å²) in [6.07, 6.45) is 7.75. The first-order chi connectivity index (χ1) is 26.5. The molecule has 1 N–H and O–H groups in total. The molecule has 4 bridgehead atoms. The number of benzene rings is 2. The van der Waals surface area contributed by atoms with Gasteiger partial charge in [-0.3, -0.25) is 4.68 Å². The molecule has 2 aromatic heterocycles. The molecule has 2 atom stereocenters. The van der Waals surface area contributed by atoms with Gasteiger partial charge in [0.15, 0.2) is 5.69 Å². The Hall–Kier alpha value is -4.77. The van der Waals surface area contributed by atoms with Crippen LogP contribution >= 0.6 is 0 Å². The lowest BCUT2D eigenvalue weighted by Crippen LogP contribution is -2.64. The summed E-state index contributed by atoms with van der Waals surface area (Å²) in [5.41, 5.74) is 2.59. The van der Waals surface area contributed by atoms with Crippen molar-refractivity contribution in [3.8, 4) is 22.4 Å². The van der Waals surface area contributed by atoms with E-state index in [0.29, 0.717) is 35.4 Å². The van der Waals surface area contributed by atoms with Crippen LogP contribution in [0.5, 0.6) is 0 Å². The second-order valence-electron chi connectivity index (χ2n) is 20.1. The van der Waals surface area contributed by atoms with Gasteiger partial charge in [0.25, 0.3) is 0 Å². The number of hydrogen-bond donors (Lipinski definition) is 1. The molecular formula is C46H58N4O7. The number of hydrogen-bond acceptors (Lipinski definition) is 8. The molecule has 0 aliphatic heterocycles. The summed E-state index contributed by atoms with van der Waals surface area (Å²) in [4.78, 5) is 45.1. The van der Waals surface area contributed by atoms with Crippen LogP contribution in [-0.4, -0.2) is 79.8 Å². The lowest BCUT2D eigenvalue weighted by Gasteiger charge is -2.69. The van der Waals surface area contributed by atoms with Gasteiger partial charge in [-0.15, -0.1) is 0 Å². The lowest BCUT2D eigenvalue weighted by atomic mass is 9.39. The number of rotatable bonds is 10. The predicted octanol–water partition coefficient (Wildman–Crippen LogP) is 9.73. The number of amides is 1. The van der Waals surface area contributed by atoms with E-state index in [1.807, 2.05) is 84.1 Å². The van der Waals surface area contributed by atoms with Gasteiger partial charge < -0.3 is 24.2 Å². The molecule has 11 nitrogen and oxygen atoms in total. The summed E-state index contributed by atoms with van der Waals surface area (Å²) >= 11 is 0. The number of carbonyl (C=O) groups is 3. The molecule has 57 heavy (non-hydrogen) atoms. The zero-order valence-corrected chi connectivity index (χ0v) is 35.2. The van der Waals surface area contributed by atoms with Crippen LogP contribution in [0.1, 0.15) is 120 Å². The monoisotopic (exact) mass is 778 g/mol. The summed E-state index contributed by atoms with van der Waals surface area (Å²) < 4.78 is 20.5. The van der Waals surface area contributed by atoms with Crippen molar-refractivity contribution in [1.82, 2.24) is 19.7 Å². The number of aromatic carboxylic acids is 1. The SMILES string of the molecule is Cc1c(-c2ccc(-c3ccc4cccc(C(=O)O)c4c3)nc2C(=O)OC(C)(C)C)cnn1CC12CC3(C)CC(C)(C1)CC(OCCN(C)C(=O)OC(C)(C)C)(C3)C2. The van der Waals surface area contributed by atoms with Gasteiger partial charge in [0.05, 0.1) is 29.7 Å². The molecule has 4 aliphatic carbocycles. The number of nitrogens with zero attached hydrogens (tertiary/aromatic N) is 4. The molecule has 4 saturated carbocycles. The quantitative estimate of drug-likeness (QED) is 0.156. The molecule has 2 heterocycles. The van der Waals surface area contributed by atoms with Crippen molar-refractivity contribution < 1.29 is 33.7 Å². The molecule has 4 fully saturated rings. The van der Waals surface area contributed by atoms with Gasteiger partial charge in [0.1, 0.15) is 11.2 Å². The minimum atomic E-state index is -1.01. The fourth-order valence-electron chi connectivity index (χ4n) is 11.1. The summed E-state index contributed by atoms with van der Waals surface area (Å²) in [5.74, 6) is -1.55. The minimum absolute atomic E-state index is 0.0373. The largest absolute Gasteiger partial charge is 0.478 e. The van der Waals surface area contributed by atoms with Crippen LogP contribution < -0.4 is 0 Å². The number of ether oxygens (including phenoxy) is 3. The van der Waals surface area contributed by atoms with Crippen molar-refractivity contribution in [2.75, 3.05) is 20.2 Å². The molecule has 304 valence electrons. The highest BCUT2D eigenvalue weighted by Crippen LogP contribution is 2.72. The highest BCUT2D eigenvalue weighted by Gasteiger charge is 2.66. The Morgan fingerprint density at radius 2 is 1.54 bits per heavy atom. The van der Waals surface area contributed by atoms with Gasteiger partial charge in [-0.25, -0.2) is 19.4 Å². The number of pyridine rings is 1. The Morgan fingerprint density at radius 1 is 0.860 bits per heavy atom. The van der Waals surface area contributed by atoms with E-state index >= 15 is 0 Å². The Morgan fingerprint density at radius 3 is 2.19 bits per heavy atom. The van der Waals surface area contributed by atoms with Gasteiger partial charge in [0.2, 0.25) is 0 Å². The van der Waals surface area contributed by atoms with Crippen LogP contribution in [0, 0.1) is 23.2 Å². The number of carbonyl (C=O) groups excluding carboxylic acids is 2. The topological polar surface area (TPSA) is 133 Å². The van der Waals surface area contributed by atoms with E-state index in [4.69, 9.17) is 24.3 Å². The van der Waals surface area contributed by atoms with Gasteiger partial charge >= 0.3 is 18.0 Å². The predicted molar refractivity (Wildman–Crippen MR) is 219 cm³/mol. The third-order valence-corrected chi connectivity index (χ3v) is 12.0. The van der Waals surface area contributed by atoms with Crippen molar-refractivity contribution in [3.05, 3.63) is 71.7 Å². The Bertz CT molecular complexity index is 2230. The first-order valence-electron chi connectivity index (χ1n) is 20.1. The van der Waals surface area contributed by atoms with Crippen LogP contribution in [0.3, 0.4) is 0 Å². The van der Waals surface area contributed by atoms with Crippen LogP contribution in [0.15, 0.2) is 54.7 Å². The van der Waals surface area contributed by atoms with Crippen molar-refractivity contribution >= 4 is 28.8 Å². The van der Waals surface area contributed by atoms with E-state index < -0.39 is 23.1 Å². The summed E-state index contributed by atoms with van der Waals surface area (Å²) in [6, 6.07) is 14.5. The molecule has 0 spiro atoms. The maximum Gasteiger partial charge on any atom is 0.410 e. The second kappa shape index (κ2) is 14.0. The first-order valence-corrected chi connectivity index (χ1v) is 20.1. The minimum Gasteiger partial charge on any atom is -0.478 e. The molecule has 8 rings (SSSR count). The van der Waals surface area contributed by atoms with Crippen molar-refractivity contribution in [2.45, 2.75) is 124 Å². The number of carboxylic acids is 1. The number of aromatic nitrogens is 3. The third kappa shape index (κ3) is 8.31. The van der Waals surface area contributed by atoms with Crippen LogP contribution in [0.4, 0.5) is 4.79 Å². The summed E-state index contributed by atoms with van der Waals surface area (Å²) in [6.45, 7) is 19.6. The van der Waals surface area contributed by atoms with Crippen LogP contribution in [-0.2, 0) is 20.8 Å². The van der Waals surface area contributed by atoms with Gasteiger partial charge in [0, 0.05) is 42.5 Å². The van der Waals surface area contributed by atoms with Gasteiger partial charge in [-0.1, -0.05) is 38.1 Å². The smallest absolute Gasteiger partial charge is 0.410 e. The average molecular weight is 779 g/mol. The van der Waals surface area contributed by atoms with E-state index in [-0.39, 0.29) is 39.2 Å². The number of fused-ring (bicyclic) bond motifs is 1. The molecule has 4 aliphatic rings.